The summed E-state index contributed by atoms with van der Waals surface area (Å²) in [7, 11) is 5.73. The molecule has 0 radical (unpaired) electrons. The molecule has 1 rings (SSSR count). The minimum Gasteiger partial charge on any atom is -0.399 e. The van der Waals surface area contributed by atoms with E-state index < -0.39 is 12.7 Å². The largest absolute Gasteiger partial charge is 0.405 e. The molecule has 20 heavy (non-hydrogen) atoms. The molecule has 0 aliphatic carbocycles. The number of hydrogen-bond acceptors (Lipinski definition) is 4. The number of nitrogens with one attached hydrogen (secondary N) is 1. The van der Waals surface area contributed by atoms with Crippen molar-refractivity contribution >= 4 is 17.1 Å². The molecule has 114 valence electrons. The third kappa shape index (κ3) is 5.56. The maximum Gasteiger partial charge on any atom is 0.405 e. The second-order valence-electron chi connectivity index (χ2n) is 4.97. The van der Waals surface area contributed by atoms with Crippen LogP contribution in [0.5, 0.6) is 0 Å². The van der Waals surface area contributed by atoms with Crippen LogP contribution in [0.2, 0.25) is 0 Å². The number of likely N-dealkylation sites (N-methyl/N-ethyl adjacent to an activating group) is 2. The van der Waals surface area contributed by atoms with Gasteiger partial charge in [-0.15, -0.1) is 0 Å². The molecule has 0 bridgehead atoms. The lowest BCUT2D eigenvalue weighted by Crippen LogP contribution is -2.29. The first-order valence-electron chi connectivity index (χ1n) is 6.25. The number of halogens is 3. The zero-order valence-electron chi connectivity index (χ0n) is 12.0. The maximum absolute atomic E-state index is 12.3. The van der Waals surface area contributed by atoms with E-state index in [1.807, 2.05) is 30.9 Å². The standard InChI is InChI=1S/C13H21F3N4/c1-19(2)6-7-20(3)12-5-4-10(17)8-11(12)18-9-13(14,15)16/h4-5,8,18H,6-7,9,17H2,1-3H3. The van der Waals surface area contributed by atoms with E-state index in [4.69, 9.17) is 5.73 Å². The number of benzene rings is 1. The Morgan fingerprint density at radius 3 is 2.35 bits per heavy atom. The van der Waals surface area contributed by atoms with E-state index in [9.17, 15) is 13.2 Å². The third-order valence-electron chi connectivity index (χ3n) is 2.79. The van der Waals surface area contributed by atoms with Gasteiger partial charge in [-0.2, -0.15) is 13.2 Å². The van der Waals surface area contributed by atoms with Crippen LogP contribution in [0.25, 0.3) is 0 Å². The van der Waals surface area contributed by atoms with E-state index >= 15 is 0 Å². The van der Waals surface area contributed by atoms with E-state index in [0.29, 0.717) is 23.6 Å². The highest BCUT2D eigenvalue weighted by molar-refractivity contribution is 5.74. The molecular formula is C13H21F3N4. The van der Waals surface area contributed by atoms with Gasteiger partial charge in [-0.3, -0.25) is 0 Å². The lowest BCUT2D eigenvalue weighted by Gasteiger charge is -2.25. The van der Waals surface area contributed by atoms with Gasteiger partial charge < -0.3 is 20.9 Å². The molecule has 0 aliphatic heterocycles. The highest BCUT2D eigenvalue weighted by Gasteiger charge is 2.27. The van der Waals surface area contributed by atoms with Gasteiger partial charge in [0, 0.05) is 25.8 Å². The van der Waals surface area contributed by atoms with Gasteiger partial charge in [-0.1, -0.05) is 0 Å². The minimum atomic E-state index is -4.26. The van der Waals surface area contributed by atoms with E-state index in [0.717, 1.165) is 6.54 Å². The molecule has 0 aliphatic rings. The van der Waals surface area contributed by atoms with Gasteiger partial charge in [0.2, 0.25) is 0 Å². The fourth-order valence-electron chi connectivity index (χ4n) is 1.69. The Labute approximate surface area is 117 Å². The van der Waals surface area contributed by atoms with Crippen molar-refractivity contribution in [2.75, 3.05) is 56.7 Å². The summed E-state index contributed by atoms with van der Waals surface area (Å²) in [4.78, 5) is 3.91. The van der Waals surface area contributed by atoms with Crippen molar-refractivity contribution in [2.24, 2.45) is 0 Å². The predicted octanol–water partition coefficient (Wildman–Crippen LogP) is 2.24. The molecular weight excluding hydrogens is 269 g/mol. The number of hydrogen-bond donors (Lipinski definition) is 2. The molecule has 0 spiro atoms. The molecule has 4 nitrogen and oxygen atoms in total. The third-order valence-corrected chi connectivity index (χ3v) is 2.79. The Balaban J connectivity index is 2.83. The molecule has 0 unspecified atom stereocenters. The van der Waals surface area contributed by atoms with Crippen LogP contribution in [-0.2, 0) is 0 Å². The number of nitrogen functional groups attached to an aromatic ring is 1. The normalized spacial score (nSPS) is 11.8. The maximum atomic E-state index is 12.3. The molecule has 1 aromatic rings. The fourth-order valence-corrected chi connectivity index (χ4v) is 1.69. The summed E-state index contributed by atoms with van der Waals surface area (Å²) in [5.74, 6) is 0. The SMILES string of the molecule is CN(C)CCN(C)c1ccc(N)cc1NCC(F)(F)F. The van der Waals surface area contributed by atoms with Gasteiger partial charge in [-0.05, 0) is 32.3 Å². The van der Waals surface area contributed by atoms with Crippen molar-refractivity contribution < 1.29 is 13.2 Å². The second-order valence-corrected chi connectivity index (χ2v) is 4.97. The summed E-state index contributed by atoms with van der Waals surface area (Å²) in [6.07, 6.45) is -4.26. The Hall–Kier alpha value is -1.63. The summed E-state index contributed by atoms with van der Waals surface area (Å²) < 4.78 is 36.9. The van der Waals surface area contributed by atoms with Gasteiger partial charge in [0.05, 0.1) is 11.4 Å². The lowest BCUT2D eigenvalue weighted by molar-refractivity contribution is -0.115. The van der Waals surface area contributed by atoms with E-state index in [1.165, 1.54) is 6.07 Å². The van der Waals surface area contributed by atoms with Crippen molar-refractivity contribution in [3.8, 4) is 0 Å². The number of rotatable bonds is 6. The summed E-state index contributed by atoms with van der Waals surface area (Å²) >= 11 is 0. The van der Waals surface area contributed by atoms with E-state index in [1.54, 1.807) is 12.1 Å². The van der Waals surface area contributed by atoms with Crippen LogP contribution >= 0.6 is 0 Å². The molecule has 7 heteroatoms. The first-order chi connectivity index (χ1) is 9.19. The smallest absolute Gasteiger partial charge is 0.399 e. The molecule has 0 atom stereocenters. The molecule has 0 fully saturated rings. The number of nitrogens with zero attached hydrogens (tertiary/aromatic N) is 2. The van der Waals surface area contributed by atoms with Gasteiger partial charge in [0.1, 0.15) is 6.54 Å². The summed E-state index contributed by atoms with van der Waals surface area (Å²) in [5, 5.41) is 2.40. The average Bonchev–Trinajstić information content (AvgIpc) is 2.32. The molecule has 0 heterocycles. The van der Waals surface area contributed by atoms with Crippen LogP contribution in [0, 0.1) is 0 Å². The van der Waals surface area contributed by atoms with Crippen molar-refractivity contribution in [2.45, 2.75) is 6.18 Å². The van der Waals surface area contributed by atoms with Crippen LogP contribution in [0.3, 0.4) is 0 Å². The highest BCUT2D eigenvalue weighted by Crippen LogP contribution is 2.28. The minimum absolute atomic E-state index is 0.392. The van der Waals surface area contributed by atoms with Gasteiger partial charge in [0.15, 0.2) is 0 Å². The van der Waals surface area contributed by atoms with Crippen molar-refractivity contribution in [3.05, 3.63) is 18.2 Å². The number of anilines is 3. The predicted molar refractivity (Wildman–Crippen MR) is 77.2 cm³/mol. The monoisotopic (exact) mass is 290 g/mol. The second kappa shape index (κ2) is 6.69. The molecule has 1 aromatic carbocycles. The topological polar surface area (TPSA) is 44.5 Å². The van der Waals surface area contributed by atoms with Crippen molar-refractivity contribution in [1.82, 2.24) is 4.90 Å². The Morgan fingerprint density at radius 2 is 1.80 bits per heavy atom. The molecule has 0 aromatic heterocycles. The fraction of sp³-hybridized carbons (Fsp3) is 0.538. The Kier molecular flexibility index (Phi) is 5.50. The van der Waals surface area contributed by atoms with Crippen LogP contribution in [0.15, 0.2) is 18.2 Å². The summed E-state index contributed by atoms with van der Waals surface area (Å²) in [6, 6.07) is 4.93. The van der Waals surface area contributed by atoms with Crippen LogP contribution < -0.4 is 16.0 Å². The first kappa shape index (κ1) is 16.4. The quantitative estimate of drug-likeness (QED) is 0.789. The van der Waals surface area contributed by atoms with E-state index in [-0.39, 0.29) is 0 Å². The average molecular weight is 290 g/mol. The van der Waals surface area contributed by atoms with Gasteiger partial charge in [-0.25, -0.2) is 0 Å². The highest BCUT2D eigenvalue weighted by atomic mass is 19.4. The van der Waals surface area contributed by atoms with Gasteiger partial charge >= 0.3 is 6.18 Å². The van der Waals surface area contributed by atoms with Crippen molar-refractivity contribution in [1.29, 1.82) is 0 Å². The number of alkyl halides is 3. The lowest BCUT2D eigenvalue weighted by atomic mass is 10.2. The molecule has 0 saturated heterocycles. The van der Waals surface area contributed by atoms with Gasteiger partial charge in [0.25, 0.3) is 0 Å². The first-order valence-corrected chi connectivity index (χ1v) is 6.25. The van der Waals surface area contributed by atoms with Crippen molar-refractivity contribution in [3.63, 3.8) is 0 Å². The molecule has 0 amide bonds. The summed E-state index contributed by atoms with van der Waals surface area (Å²) in [5.41, 5.74) is 7.16. The summed E-state index contributed by atoms with van der Waals surface area (Å²) in [6.45, 7) is 0.433. The van der Waals surface area contributed by atoms with E-state index in [2.05, 4.69) is 5.32 Å². The van der Waals surface area contributed by atoms with Crippen LogP contribution in [0.1, 0.15) is 0 Å². The number of nitrogens with two attached hydrogens (primary N) is 1. The Bertz CT molecular complexity index is 432. The zero-order valence-corrected chi connectivity index (χ0v) is 12.0. The zero-order chi connectivity index (χ0) is 15.3. The Morgan fingerprint density at radius 1 is 1.15 bits per heavy atom. The van der Waals surface area contributed by atoms with Crippen LogP contribution in [-0.4, -0.2) is 51.9 Å². The molecule has 3 N–H and O–H groups in total. The molecule has 0 saturated carbocycles. The van der Waals surface area contributed by atoms with Crippen LogP contribution in [0.4, 0.5) is 30.2 Å².